The molecule has 0 heterocycles. The summed E-state index contributed by atoms with van der Waals surface area (Å²) in [5.41, 5.74) is 2.62. The van der Waals surface area contributed by atoms with Gasteiger partial charge >= 0.3 is 5.97 Å². The van der Waals surface area contributed by atoms with Gasteiger partial charge in [0.15, 0.2) is 0 Å². The molecule has 0 fully saturated rings. The van der Waals surface area contributed by atoms with Crippen LogP contribution in [0.15, 0.2) is 42.5 Å². The van der Waals surface area contributed by atoms with E-state index < -0.39 is 0 Å². The molecule has 3 heteroatoms. The van der Waals surface area contributed by atoms with Crippen molar-refractivity contribution >= 4 is 5.97 Å². The Hall–Kier alpha value is -2.29. The number of carbonyl (C=O) groups is 1. The van der Waals surface area contributed by atoms with E-state index in [0.29, 0.717) is 17.9 Å². The average molecular weight is 326 g/mol. The van der Waals surface area contributed by atoms with Gasteiger partial charge in [0.2, 0.25) is 0 Å². The van der Waals surface area contributed by atoms with Crippen LogP contribution in [0.1, 0.15) is 54.1 Å². The topological polar surface area (TPSA) is 35.5 Å². The van der Waals surface area contributed by atoms with Crippen LogP contribution in [0.2, 0.25) is 0 Å². The molecule has 0 unspecified atom stereocenters. The second kappa shape index (κ2) is 9.11. The summed E-state index contributed by atoms with van der Waals surface area (Å²) < 4.78 is 11.2. The molecule has 0 aliphatic rings. The van der Waals surface area contributed by atoms with Crippen LogP contribution in [0.5, 0.6) is 11.5 Å². The third-order valence-corrected chi connectivity index (χ3v) is 3.89. The molecule has 24 heavy (non-hydrogen) atoms. The maximum atomic E-state index is 12.2. The molecule has 0 N–H and O–H groups in total. The second-order valence-electron chi connectivity index (χ2n) is 6.09. The lowest BCUT2D eigenvalue weighted by atomic mass is 10.1. The van der Waals surface area contributed by atoms with Crippen molar-refractivity contribution in [1.82, 2.24) is 0 Å². The molecule has 0 aromatic heterocycles. The molecule has 0 radical (unpaired) electrons. The largest absolute Gasteiger partial charge is 0.494 e. The van der Waals surface area contributed by atoms with Crippen LogP contribution >= 0.6 is 0 Å². The van der Waals surface area contributed by atoms with Crippen molar-refractivity contribution in [2.45, 2.75) is 46.5 Å². The molecular formula is C21H26O3. The highest BCUT2D eigenvalue weighted by atomic mass is 16.5. The lowest BCUT2D eigenvalue weighted by Crippen LogP contribution is -2.09. The first-order valence-electron chi connectivity index (χ1n) is 8.62. The zero-order chi connectivity index (χ0) is 17.4. The van der Waals surface area contributed by atoms with Crippen LogP contribution in [0.3, 0.4) is 0 Å². The monoisotopic (exact) mass is 326 g/mol. The first-order chi connectivity index (χ1) is 11.6. The number of unbranched alkanes of at least 4 members (excludes halogenated alkanes) is 3. The highest BCUT2D eigenvalue weighted by Gasteiger charge is 2.10. The molecule has 3 nitrogen and oxygen atoms in total. The number of hydrogen-bond donors (Lipinski definition) is 0. The maximum absolute atomic E-state index is 12.2. The molecule has 2 aromatic carbocycles. The highest BCUT2D eigenvalue weighted by Crippen LogP contribution is 2.21. The van der Waals surface area contributed by atoms with Crippen LogP contribution in [0.25, 0.3) is 0 Å². The second-order valence-corrected chi connectivity index (χ2v) is 6.09. The number of ether oxygens (including phenoxy) is 2. The van der Waals surface area contributed by atoms with Gasteiger partial charge in [0.25, 0.3) is 0 Å². The van der Waals surface area contributed by atoms with Crippen molar-refractivity contribution in [2.24, 2.45) is 0 Å². The van der Waals surface area contributed by atoms with Crippen molar-refractivity contribution in [3.8, 4) is 11.5 Å². The number of aryl methyl sites for hydroxylation is 2. The summed E-state index contributed by atoms with van der Waals surface area (Å²) in [7, 11) is 0. The van der Waals surface area contributed by atoms with E-state index in [0.717, 1.165) is 23.3 Å². The van der Waals surface area contributed by atoms with Gasteiger partial charge < -0.3 is 9.47 Å². The van der Waals surface area contributed by atoms with Gasteiger partial charge in [-0.15, -0.1) is 0 Å². The molecular weight excluding hydrogens is 300 g/mol. The molecule has 0 saturated carbocycles. The molecule has 0 aliphatic carbocycles. The van der Waals surface area contributed by atoms with E-state index in [1.54, 1.807) is 12.1 Å². The fraction of sp³-hybridized carbons (Fsp3) is 0.381. The number of hydrogen-bond acceptors (Lipinski definition) is 3. The van der Waals surface area contributed by atoms with Crippen LogP contribution in [-0.4, -0.2) is 12.6 Å². The van der Waals surface area contributed by atoms with Gasteiger partial charge in [0, 0.05) is 0 Å². The van der Waals surface area contributed by atoms with Crippen LogP contribution in [-0.2, 0) is 0 Å². The van der Waals surface area contributed by atoms with Crippen molar-refractivity contribution in [2.75, 3.05) is 6.61 Å². The summed E-state index contributed by atoms with van der Waals surface area (Å²) in [6.07, 6.45) is 4.71. The van der Waals surface area contributed by atoms with Crippen LogP contribution in [0.4, 0.5) is 0 Å². The Kier molecular flexibility index (Phi) is 6.86. The highest BCUT2D eigenvalue weighted by molar-refractivity contribution is 5.91. The van der Waals surface area contributed by atoms with E-state index in [1.807, 2.05) is 44.2 Å². The van der Waals surface area contributed by atoms with Crippen molar-refractivity contribution < 1.29 is 14.3 Å². The fourth-order valence-corrected chi connectivity index (χ4v) is 2.48. The van der Waals surface area contributed by atoms with E-state index in [-0.39, 0.29) is 5.97 Å². The Morgan fingerprint density at radius 2 is 1.71 bits per heavy atom. The quantitative estimate of drug-likeness (QED) is 0.366. The summed E-state index contributed by atoms with van der Waals surface area (Å²) in [5, 5.41) is 0. The third kappa shape index (κ3) is 5.41. The number of carbonyl (C=O) groups excluding carboxylic acids is 1. The average Bonchev–Trinajstić information content (AvgIpc) is 2.57. The van der Waals surface area contributed by atoms with Crippen LogP contribution in [0, 0.1) is 13.8 Å². The summed E-state index contributed by atoms with van der Waals surface area (Å²) in [4.78, 5) is 12.2. The minimum atomic E-state index is -0.351. The first kappa shape index (κ1) is 18.1. The lowest BCUT2D eigenvalue weighted by molar-refractivity contribution is 0.0733. The Morgan fingerprint density at radius 3 is 2.38 bits per heavy atom. The van der Waals surface area contributed by atoms with Gasteiger partial charge in [0.1, 0.15) is 11.5 Å². The van der Waals surface area contributed by atoms with E-state index >= 15 is 0 Å². The lowest BCUT2D eigenvalue weighted by Gasteiger charge is -2.09. The van der Waals surface area contributed by atoms with Gasteiger partial charge in [0.05, 0.1) is 12.2 Å². The van der Waals surface area contributed by atoms with E-state index in [2.05, 4.69) is 6.92 Å². The van der Waals surface area contributed by atoms with Gasteiger partial charge in [-0.3, -0.25) is 0 Å². The summed E-state index contributed by atoms with van der Waals surface area (Å²) in [5.74, 6) is 1.04. The number of rotatable bonds is 8. The Labute approximate surface area is 144 Å². The van der Waals surface area contributed by atoms with Gasteiger partial charge in [-0.25, -0.2) is 4.79 Å². The minimum Gasteiger partial charge on any atom is -0.494 e. The molecule has 0 atom stereocenters. The molecule has 128 valence electrons. The number of esters is 1. The smallest absolute Gasteiger partial charge is 0.343 e. The maximum Gasteiger partial charge on any atom is 0.343 e. The zero-order valence-electron chi connectivity index (χ0n) is 14.8. The molecule has 0 bridgehead atoms. The summed E-state index contributed by atoms with van der Waals surface area (Å²) in [6, 6.07) is 12.9. The zero-order valence-corrected chi connectivity index (χ0v) is 14.8. The third-order valence-electron chi connectivity index (χ3n) is 3.89. The summed E-state index contributed by atoms with van der Waals surface area (Å²) >= 11 is 0. The predicted octanol–water partition coefficient (Wildman–Crippen LogP) is 5.48. The normalized spacial score (nSPS) is 10.5. The van der Waals surface area contributed by atoms with Gasteiger partial charge in [-0.2, -0.15) is 0 Å². The Balaban J connectivity index is 1.89. The standard InChI is InChI=1S/C21H26O3/c1-4-5-6-7-14-23-19-11-9-18(10-12-19)21(22)24-20-13-8-16(2)15-17(20)3/h8-13,15H,4-7,14H2,1-3H3. The molecule has 2 rings (SSSR count). The van der Waals surface area contributed by atoms with E-state index in [9.17, 15) is 4.79 Å². The van der Waals surface area contributed by atoms with E-state index in [4.69, 9.17) is 9.47 Å². The Morgan fingerprint density at radius 1 is 0.958 bits per heavy atom. The molecule has 0 saturated heterocycles. The summed E-state index contributed by atoms with van der Waals surface area (Å²) in [6.45, 7) is 6.85. The Bertz CT molecular complexity index is 659. The van der Waals surface area contributed by atoms with E-state index in [1.165, 1.54) is 19.3 Å². The molecule has 0 aliphatic heterocycles. The van der Waals surface area contributed by atoms with Crippen molar-refractivity contribution in [3.63, 3.8) is 0 Å². The number of benzene rings is 2. The molecule has 2 aromatic rings. The minimum absolute atomic E-state index is 0.351. The predicted molar refractivity (Wildman–Crippen MR) is 97.0 cm³/mol. The SMILES string of the molecule is CCCCCCOc1ccc(C(=O)Oc2ccc(C)cc2C)cc1. The van der Waals surface area contributed by atoms with Gasteiger partial charge in [-0.1, -0.05) is 43.9 Å². The fourth-order valence-electron chi connectivity index (χ4n) is 2.48. The first-order valence-corrected chi connectivity index (χ1v) is 8.62. The van der Waals surface area contributed by atoms with Crippen LogP contribution < -0.4 is 9.47 Å². The molecule has 0 spiro atoms. The molecule has 0 amide bonds. The van der Waals surface area contributed by atoms with Crippen molar-refractivity contribution in [3.05, 3.63) is 59.2 Å². The van der Waals surface area contributed by atoms with Crippen molar-refractivity contribution in [1.29, 1.82) is 0 Å². The van der Waals surface area contributed by atoms with Gasteiger partial charge in [-0.05, 0) is 56.2 Å².